The number of thioether (sulfide) groups is 1. The molecule has 0 bridgehead atoms. The fraction of sp³-hybridized carbons (Fsp3) is 0.300. The zero-order chi connectivity index (χ0) is 19.6. The maximum Gasteiger partial charge on any atom is 0.269 e. The maximum absolute atomic E-state index is 12.3. The third-order valence-corrected chi connectivity index (χ3v) is 4.72. The Balaban J connectivity index is 1.86. The van der Waals surface area contributed by atoms with Gasteiger partial charge in [0.05, 0.1) is 19.5 Å². The first-order valence-electron chi connectivity index (χ1n) is 8.56. The lowest BCUT2D eigenvalue weighted by Crippen LogP contribution is -2.42. The molecule has 2 aromatic carbocycles. The van der Waals surface area contributed by atoms with E-state index in [4.69, 9.17) is 9.47 Å². The van der Waals surface area contributed by atoms with Crippen LogP contribution in [0.25, 0.3) is 0 Å². The summed E-state index contributed by atoms with van der Waals surface area (Å²) < 4.78 is 10.7. The average molecular weight is 388 g/mol. The molecular weight excluding hydrogens is 364 g/mol. The standard InChI is InChI=1S/C20H24N2O4S/c1-4-26-12-16-11-15(7-10-18(16)25-3)20(24)22-21-19(23)13-27-17-8-5-14(2)6-9-17/h5-11H,4,12-13H2,1-3H3,(H,21,23)(H,22,24). The summed E-state index contributed by atoms with van der Waals surface area (Å²) in [5.41, 5.74) is 7.21. The molecule has 0 atom stereocenters. The summed E-state index contributed by atoms with van der Waals surface area (Å²) in [6.07, 6.45) is 0. The Morgan fingerprint density at radius 3 is 2.48 bits per heavy atom. The molecule has 0 heterocycles. The number of methoxy groups -OCH3 is 1. The first-order chi connectivity index (χ1) is 13.0. The fourth-order valence-electron chi connectivity index (χ4n) is 2.26. The lowest BCUT2D eigenvalue weighted by atomic mass is 10.1. The van der Waals surface area contributed by atoms with Crippen molar-refractivity contribution in [3.8, 4) is 5.75 Å². The van der Waals surface area contributed by atoms with E-state index in [0.29, 0.717) is 24.5 Å². The van der Waals surface area contributed by atoms with Crippen molar-refractivity contribution >= 4 is 23.6 Å². The smallest absolute Gasteiger partial charge is 0.269 e. The van der Waals surface area contributed by atoms with E-state index < -0.39 is 5.91 Å². The number of ether oxygens (including phenoxy) is 2. The van der Waals surface area contributed by atoms with Crippen LogP contribution in [0.4, 0.5) is 0 Å². The van der Waals surface area contributed by atoms with E-state index in [0.717, 1.165) is 10.5 Å². The van der Waals surface area contributed by atoms with E-state index in [2.05, 4.69) is 10.9 Å². The third kappa shape index (κ3) is 6.62. The highest BCUT2D eigenvalue weighted by atomic mass is 32.2. The Morgan fingerprint density at radius 2 is 1.81 bits per heavy atom. The number of benzene rings is 2. The largest absolute Gasteiger partial charge is 0.496 e. The van der Waals surface area contributed by atoms with Gasteiger partial charge < -0.3 is 9.47 Å². The molecule has 0 spiro atoms. The van der Waals surface area contributed by atoms with Crippen LogP contribution in [0.3, 0.4) is 0 Å². The van der Waals surface area contributed by atoms with Gasteiger partial charge in [-0.1, -0.05) is 17.7 Å². The van der Waals surface area contributed by atoms with Gasteiger partial charge in [0.25, 0.3) is 5.91 Å². The zero-order valence-electron chi connectivity index (χ0n) is 15.7. The van der Waals surface area contributed by atoms with Crippen LogP contribution in [0.15, 0.2) is 47.4 Å². The molecular formula is C20H24N2O4S. The molecule has 6 nitrogen and oxygen atoms in total. The molecule has 0 aromatic heterocycles. The topological polar surface area (TPSA) is 76.7 Å². The molecule has 0 radical (unpaired) electrons. The second-order valence-corrected chi connectivity index (χ2v) is 6.82. The lowest BCUT2D eigenvalue weighted by molar-refractivity contribution is -0.119. The van der Waals surface area contributed by atoms with Crippen LogP contribution in [0.5, 0.6) is 5.75 Å². The third-order valence-electron chi connectivity index (χ3n) is 3.71. The van der Waals surface area contributed by atoms with Crippen LogP contribution in [0, 0.1) is 6.92 Å². The number of rotatable bonds is 8. The lowest BCUT2D eigenvalue weighted by Gasteiger charge is -2.11. The second-order valence-electron chi connectivity index (χ2n) is 5.77. The van der Waals surface area contributed by atoms with Crippen LogP contribution in [-0.2, 0) is 16.1 Å². The van der Waals surface area contributed by atoms with Gasteiger partial charge in [0.15, 0.2) is 0 Å². The predicted octanol–water partition coefficient (Wildman–Crippen LogP) is 3.09. The van der Waals surface area contributed by atoms with Crippen LogP contribution in [0.2, 0.25) is 0 Å². The van der Waals surface area contributed by atoms with Gasteiger partial charge in [0.2, 0.25) is 5.91 Å². The molecule has 0 saturated carbocycles. The SMILES string of the molecule is CCOCc1cc(C(=O)NNC(=O)CSc2ccc(C)cc2)ccc1OC. The molecule has 0 fully saturated rings. The van der Waals surface area contributed by atoms with Crippen molar-refractivity contribution in [2.45, 2.75) is 25.3 Å². The number of hydrogen-bond donors (Lipinski definition) is 2. The van der Waals surface area contributed by atoms with E-state index >= 15 is 0 Å². The second kappa shape index (κ2) is 10.6. The molecule has 0 aliphatic rings. The monoisotopic (exact) mass is 388 g/mol. The predicted molar refractivity (Wildman–Crippen MR) is 106 cm³/mol. The summed E-state index contributed by atoms with van der Waals surface area (Å²) in [5.74, 6) is 0.182. The minimum Gasteiger partial charge on any atom is -0.496 e. The minimum atomic E-state index is -0.399. The van der Waals surface area contributed by atoms with Crippen molar-refractivity contribution in [2.24, 2.45) is 0 Å². The minimum absolute atomic E-state index is 0.210. The van der Waals surface area contributed by atoms with E-state index in [9.17, 15) is 9.59 Å². The van der Waals surface area contributed by atoms with Crippen molar-refractivity contribution in [2.75, 3.05) is 19.5 Å². The number of amides is 2. The molecule has 2 N–H and O–H groups in total. The molecule has 2 amide bonds. The van der Waals surface area contributed by atoms with Gasteiger partial charge in [0, 0.05) is 22.6 Å². The molecule has 7 heteroatoms. The van der Waals surface area contributed by atoms with Crippen molar-refractivity contribution in [3.05, 3.63) is 59.2 Å². The summed E-state index contributed by atoms with van der Waals surface area (Å²) in [4.78, 5) is 25.2. The first kappa shape index (κ1) is 20.8. The Bertz CT molecular complexity index is 778. The van der Waals surface area contributed by atoms with Gasteiger partial charge in [-0.05, 0) is 44.2 Å². The average Bonchev–Trinajstić information content (AvgIpc) is 2.69. The van der Waals surface area contributed by atoms with Crippen molar-refractivity contribution in [1.82, 2.24) is 10.9 Å². The van der Waals surface area contributed by atoms with Gasteiger partial charge in [-0.3, -0.25) is 20.4 Å². The summed E-state index contributed by atoms with van der Waals surface area (Å²) >= 11 is 1.40. The van der Waals surface area contributed by atoms with E-state index in [1.807, 2.05) is 38.1 Å². The van der Waals surface area contributed by atoms with Crippen LogP contribution >= 0.6 is 11.8 Å². The molecule has 0 unspecified atom stereocenters. The molecule has 2 rings (SSSR count). The summed E-state index contributed by atoms with van der Waals surface area (Å²) in [5, 5.41) is 0. The zero-order valence-corrected chi connectivity index (χ0v) is 16.5. The number of hydrogen-bond acceptors (Lipinski definition) is 5. The normalized spacial score (nSPS) is 10.3. The van der Waals surface area contributed by atoms with E-state index in [1.165, 1.54) is 17.3 Å². The molecule has 0 aliphatic carbocycles. The fourth-order valence-corrected chi connectivity index (χ4v) is 2.96. The molecule has 27 heavy (non-hydrogen) atoms. The van der Waals surface area contributed by atoms with Crippen molar-refractivity contribution < 1.29 is 19.1 Å². The van der Waals surface area contributed by atoms with Gasteiger partial charge >= 0.3 is 0 Å². The molecule has 0 aliphatic heterocycles. The number of carbonyl (C=O) groups is 2. The van der Waals surface area contributed by atoms with Gasteiger partial charge in [-0.15, -0.1) is 11.8 Å². The van der Waals surface area contributed by atoms with E-state index in [1.54, 1.807) is 25.3 Å². The molecule has 2 aromatic rings. The van der Waals surface area contributed by atoms with Crippen LogP contribution in [0.1, 0.15) is 28.4 Å². The highest BCUT2D eigenvalue weighted by molar-refractivity contribution is 8.00. The van der Waals surface area contributed by atoms with E-state index in [-0.39, 0.29) is 11.7 Å². The van der Waals surface area contributed by atoms with Crippen molar-refractivity contribution in [3.63, 3.8) is 0 Å². The van der Waals surface area contributed by atoms with Gasteiger partial charge in [-0.25, -0.2) is 0 Å². The first-order valence-corrected chi connectivity index (χ1v) is 9.55. The number of aryl methyl sites for hydroxylation is 1. The summed E-state index contributed by atoms with van der Waals surface area (Å²) in [7, 11) is 1.57. The summed E-state index contributed by atoms with van der Waals surface area (Å²) in [6, 6.07) is 12.9. The van der Waals surface area contributed by atoms with Gasteiger partial charge in [0.1, 0.15) is 5.75 Å². The maximum atomic E-state index is 12.3. The van der Waals surface area contributed by atoms with Crippen LogP contribution in [-0.4, -0.2) is 31.3 Å². The number of hydrazine groups is 1. The molecule has 0 saturated heterocycles. The Labute approximate surface area is 163 Å². The Morgan fingerprint density at radius 1 is 1.07 bits per heavy atom. The number of nitrogens with one attached hydrogen (secondary N) is 2. The highest BCUT2D eigenvalue weighted by Crippen LogP contribution is 2.21. The Kier molecular flexibility index (Phi) is 8.16. The van der Waals surface area contributed by atoms with Gasteiger partial charge in [-0.2, -0.15) is 0 Å². The van der Waals surface area contributed by atoms with Crippen molar-refractivity contribution in [1.29, 1.82) is 0 Å². The highest BCUT2D eigenvalue weighted by Gasteiger charge is 2.11. The molecule has 144 valence electrons. The quantitative estimate of drug-likeness (QED) is 0.537. The number of carbonyl (C=O) groups excluding carboxylic acids is 2. The Hall–Kier alpha value is -2.51. The summed E-state index contributed by atoms with van der Waals surface area (Å²) in [6.45, 7) is 4.82. The van der Waals surface area contributed by atoms with Crippen LogP contribution < -0.4 is 15.6 Å².